The predicted octanol–water partition coefficient (Wildman–Crippen LogP) is 0.994. The van der Waals surface area contributed by atoms with Crippen molar-refractivity contribution < 1.29 is 10.2 Å². The molecule has 90 valence electrons. The third kappa shape index (κ3) is 2.99. The van der Waals surface area contributed by atoms with E-state index < -0.39 is 5.60 Å². The van der Waals surface area contributed by atoms with E-state index in [9.17, 15) is 5.11 Å². The van der Waals surface area contributed by atoms with Crippen molar-refractivity contribution in [1.82, 2.24) is 4.31 Å². The second kappa shape index (κ2) is 5.07. The Kier molecular flexibility index (Phi) is 3.69. The average Bonchev–Trinajstić information content (AvgIpc) is 2.73. The van der Waals surface area contributed by atoms with Gasteiger partial charge in [0.05, 0.1) is 18.2 Å². The lowest BCUT2D eigenvalue weighted by atomic mass is 10.1. The maximum Gasteiger partial charge on any atom is 0.102 e. The van der Waals surface area contributed by atoms with Gasteiger partial charge in [0.2, 0.25) is 0 Å². The molecule has 0 spiro atoms. The molecule has 1 atom stereocenters. The van der Waals surface area contributed by atoms with Crippen LogP contribution in [0.1, 0.15) is 12.0 Å². The molecule has 0 bridgehead atoms. The van der Waals surface area contributed by atoms with Gasteiger partial charge in [0, 0.05) is 18.0 Å². The summed E-state index contributed by atoms with van der Waals surface area (Å²) >= 11 is 1.54. The highest BCUT2D eigenvalue weighted by Gasteiger charge is 2.35. The minimum absolute atomic E-state index is 0.197. The van der Waals surface area contributed by atoms with Crippen LogP contribution in [-0.2, 0) is 0 Å². The fourth-order valence-corrected chi connectivity index (χ4v) is 2.81. The molecule has 1 aromatic carbocycles. The van der Waals surface area contributed by atoms with E-state index in [-0.39, 0.29) is 6.61 Å². The highest BCUT2D eigenvalue weighted by molar-refractivity contribution is 7.97. The second-order valence-electron chi connectivity index (χ2n) is 4.22. The summed E-state index contributed by atoms with van der Waals surface area (Å²) in [6, 6.07) is 9.40. The number of nitrogens with zero attached hydrogens (tertiary/aromatic N) is 2. The van der Waals surface area contributed by atoms with E-state index in [4.69, 9.17) is 10.4 Å². The van der Waals surface area contributed by atoms with Gasteiger partial charge in [-0.1, -0.05) is 0 Å². The number of aliphatic hydroxyl groups excluding tert-OH is 1. The van der Waals surface area contributed by atoms with E-state index >= 15 is 0 Å². The maximum atomic E-state index is 9.88. The highest BCUT2D eigenvalue weighted by atomic mass is 32.2. The fourth-order valence-electron chi connectivity index (χ4n) is 1.77. The van der Waals surface area contributed by atoms with Gasteiger partial charge < -0.3 is 10.2 Å². The number of nitriles is 1. The van der Waals surface area contributed by atoms with Crippen LogP contribution >= 0.6 is 11.9 Å². The molecule has 0 aliphatic carbocycles. The summed E-state index contributed by atoms with van der Waals surface area (Å²) < 4.78 is 2.03. The first kappa shape index (κ1) is 12.4. The lowest BCUT2D eigenvalue weighted by Crippen LogP contribution is -2.35. The van der Waals surface area contributed by atoms with Crippen molar-refractivity contribution in [3.8, 4) is 6.07 Å². The van der Waals surface area contributed by atoms with Crippen LogP contribution in [0.5, 0.6) is 0 Å². The van der Waals surface area contributed by atoms with Gasteiger partial charge in [-0.2, -0.15) is 5.26 Å². The molecule has 0 radical (unpaired) electrons. The first-order valence-corrected chi connectivity index (χ1v) is 6.19. The number of hydrogen-bond acceptors (Lipinski definition) is 5. The molecule has 0 amide bonds. The van der Waals surface area contributed by atoms with Gasteiger partial charge in [0.25, 0.3) is 0 Å². The van der Waals surface area contributed by atoms with Crippen molar-refractivity contribution in [1.29, 1.82) is 5.26 Å². The Bertz CT molecular complexity index is 429. The molecule has 5 heteroatoms. The Balaban J connectivity index is 1.96. The van der Waals surface area contributed by atoms with Crippen LogP contribution in [0.15, 0.2) is 29.2 Å². The van der Waals surface area contributed by atoms with Crippen LogP contribution in [-0.4, -0.2) is 39.8 Å². The molecule has 1 aliphatic heterocycles. The van der Waals surface area contributed by atoms with Gasteiger partial charge >= 0.3 is 0 Å². The molecule has 1 fully saturated rings. The SMILES string of the molecule is N#Cc1ccc(SN2CCC(O)(CO)C2)cc1. The number of hydrogen-bond donors (Lipinski definition) is 2. The summed E-state index contributed by atoms with van der Waals surface area (Å²) in [7, 11) is 0. The summed E-state index contributed by atoms with van der Waals surface area (Å²) in [6.07, 6.45) is 0.590. The topological polar surface area (TPSA) is 67.5 Å². The van der Waals surface area contributed by atoms with Gasteiger partial charge in [0.15, 0.2) is 0 Å². The highest BCUT2D eigenvalue weighted by Crippen LogP contribution is 2.31. The van der Waals surface area contributed by atoms with E-state index in [0.29, 0.717) is 18.5 Å². The molecule has 1 aromatic rings. The van der Waals surface area contributed by atoms with Gasteiger partial charge in [0.1, 0.15) is 5.60 Å². The maximum absolute atomic E-state index is 9.88. The molecule has 1 saturated heterocycles. The molecular formula is C12H14N2O2S. The van der Waals surface area contributed by atoms with Gasteiger partial charge in [-0.3, -0.25) is 0 Å². The van der Waals surface area contributed by atoms with Crippen molar-refractivity contribution in [2.24, 2.45) is 0 Å². The third-order valence-electron chi connectivity index (χ3n) is 2.81. The molecule has 2 rings (SSSR count). The zero-order chi connectivity index (χ0) is 12.3. The Morgan fingerprint density at radius 1 is 1.41 bits per heavy atom. The van der Waals surface area contributed by atoms with E-state index in [2.05, 4.69) is 6.07 Å². The third-order valence-corrected chi connectivity index (χ3v) is 3.86. The number of benzene rings is 1. The summed E-state index contributed by atoms with van der Waals surface area (Å²) in [5.41, 5.74) is -0.317. The first-order chi connectivity index (χ1) is 8.15. The predicted molar refractivity (Wildman–Crippen MR) is 65.2 cm³/mol. The molecule has 4 nitrogen and oxygen atoms in total. The Hall–Kier alpha value is -1.06. The molecule has 1 unspecified atom stereocenters. The van der Waals surface area contributed by atoms with E-state index in [1.165, 1.54) is 0 Å². The average molecular weight is 250 g/mol. The Morgan fingerprint density at radius 2 is 2.12 bits per heavy atom. The van der Waals surface area contributed by atoms with Crippen LogP contribution in [0.2, 0.25) is 0 Å². The zero-order valence-electron chi connectivity index (χ0n) is 9.33. The summed E-state index contributed by atoms with van der Waals surface area (Å²) in [5, 5.41) is 27.6. The number of aliphatic hydroxyl groups is 2. The monoisotopic (exact) mass is 250 g/mol. The standard InChI is InChI=1S/C12H14N2O2S/c13-7-10-1-3-11(4-2-10)17-14-6-5-12(16,8-14)9-15/h1-4,15-16H,5-6,8-9H2. The largest absolute Gasteiger partial charge is 0.393 e. The van der Waals surface area contributed by atoms with Crippen molar-refractivity contribution in [3.05, 3.63) is 29.8 Å². The minimum Gasteiger partial charge on any atom is -0.393 e. The van der Waals surface area contributed by atoms with E-state index in [1.54, 1.807) is 24.1 Å². The summed E-state index contributed by atoms with van der Waals surface area (Å²) in [6.45, 7) is 1.02. The summed E-state index contributed by atoms with van der Waals surface area (Å²) in [5.74, 6) is 0. The molecule has 17 heavy (non-hydrogen) atoms. The van der Waals surface area contributed by atoms with Crippen molar-refractivity contribution in [2.45, 2.75) is 16.9 Å². The normalized spacial score (nSPS) is 24.8. The molecule has 1 heterocycles. The lowest BCUT2D eigenvalue weighted by molar-refractivity contribution is -0.000268. The van der Waals surface area contributed by atoms with Crippen LogP contribution in [0, 0.1) is 11.3 Å². The van der Waals surface area contributed by atoms with Crippen molar-refractivity contribution in [3.63, 3.8) is 0 Å². The van der Waals surface area contributed by atoms with E-state index in [1.807, 2.05) is 16.4 Å². The van der Waals surface area contributed by atoms with Gasteiger partial charge in [-0.15, -0.1) is 0 Å². The summed E-state index contributed by atoms with van der Waals surface area (Å²) in [4.78, 5) is 1.03. The van der Waals surface area contributed by atoms with Crippen LogP contribution in [0.3, 0.4) is 0 Å². The first-order valence-electron chi connectivity index (χ1n) is 5.41. The smallest absolute Gasteiger partial charge is 0.102 e. The molecule has 2 N–H and O–H groups in total. The van der Waals surface area contributed by atoms with Crippen LogP contribution < -0.4 is 0 Å². The molecule has 0 saturated carbocycles. The Morgan fingerprint density at radius 3 is 2.65 bits per heavy atom. The van der Waals surface area contributed by atoms with Crippen LogP contribution in [0.25, 0.3) is 0 Å². The molecule has 1 aliphatic rings. The fraction of sp³-hybridized carbons (Fsp3) is 0.417. The quantitative estimate of drug-likeness (QED) is 0.783. The minimum atomic E-state index is -0.959. The van der Waals surface area contributed by atoms with E-state index in [0.717, 1.165) is 11.4 Å². The Labute approximate surface area is 105 Å². The van der Waals surface area contributed by atoms with Crippen molar-refractivity contribution in [2.75, 3.05) is 19.7 Å². The van der Waals surface area contributed by atoms with Gasteiger partial charge in [-0.25, -0.2) is 4.31 Å². The molecular weight excluding hydrogens is 236 g/mol. The van der Waals surface area contributed by atoms with Crippen molar-refractivity contribution >= 4 is 11.9 Å². The number of β-amino-alcohol motifs (C(OH)–C–C–N with tert-alkyl or cyclic N) is 1. The number of rotatable bonds is 3. The zero-order valence-corrected chi connectivity index (χ0v) is 10.2. The van der Waals surface area contributed by atoms with Gasteiger partial charge in [-0.05, 0) is 42.6 Å². The second-order valence-corrected chi connectivity index (χ2v) is 5.39. The lowest BCUT2D eigenvalue weighted by Gasteiger charge is -2.20. The van der Waals surface area contributed by atoms with Crippen LogP contribution in [0.4, 0.5) is 0 Å². The molecule has 0 aromatic heterocycles.